The number of alkyl carbamates (subject to hydrolysis) is 1. The van der Waals surface area contributed by atoms with Gasteiger partial charge in [0.1, 0.15) is 6.61 Å². The van der Waals surface area contributed by atoms with Crippen molar-refractivity contribution < 1.29 is 9.53 Å². The van der Waals surface area contributed by atoms with Crippen molar-refractivity contribution in [1.29, 1.82) is 0 Å². The van der Waals surface area contributed by atoms with Gasteiger partial charge < -0.3 is 4.74 Å². The normalized spacial score (nSPS) is 19.1. The Hall–Kier alpha value is -0.990. The summed E-state index contributed by atoms with van der Waals surface area (Å²) in [6, 6.07) is 0. The van der Waals surface area contributed by atoms with Gasteiger partial charge >= 0.3 is 6.09 Å². The van der Waals surface area contributed by atoms with Crippen molar-refractivity contribution in [2.45, 2.75) is 13.8 Å². The number of nitrogens with one attached hydrogen (secondary N) is 1. The Labute approximate surface area is 53.7 Å². The van der Waals surface area contributed by atoms with E-state index in [2.05, 4.69) is 10.1 Å². The maximum Gasteiger partial charge on any atom is 0.411 e. The Kier molecular flexibility index (Phi) is 1.42. The molecule has 1 heterocycles. The summed E-state index contributed by atoms with van der Waals surface area (Å²) >= 11 is 0. The maximum atomic E-state index is 10.5. The first-order valence-electron chi connectivity index (χ1n) is 2.80. The van der Waals surface area contributed by atoms with E-state index in [0.717, 1.165) is 11.3 Å². The zero-order valence-corrected chi connectivity index (χ0v) is 5.52. The molecule has 0 bridgehead atoms. The molecule has 0 saturated carbocycles. The lowest BCUT2D eigenvalue weighted by molar-refractivity contribution is 0.152. The van der Waals surface area contributed by atoms with Crippen LogP contribution >= 0.6 is 0 Å². The van der Waals surface area contributed by atoms with Gasteiger partial charge in [0.15, 0.2) is 0 Å². The van der Waals surface area contributed by atoms with Crippen molar-refractivity contribution in [3.8, 4) is 0 Å². The average molecular weight is 127 g/mol. The van der Waals surface area contributed by atoms with Gasteiger partial charge in [-0.15, -0.1) is 0 Å². The van der Waals surface area contributed by atoms with E-state index in [1.165, 1.54) is 0 Å². The molecule has 0 aromatic heterocycles. The van der Waals surface area contributed by atoms with Gasteiger partial charge in [-0.05, 0) is 19.4 Å². The van der Waals surface area contributed by atoms with Gasteiger partial charge in [0.05, 0.1) is 0 Å². The van der Waals surface area contributed by atoms with Crippen molar-refractivity contribution in [2.75, 3.05) is 6.61 Å². The van der Waals surface area contributed by atoms with Crippen LogP contribution < -0.4 is 5.32 Å². The van der Waals surface area contributed by atoms with Crippen molar-refractivity contribution in [3.63, 3.8) is 0 Å². The highest BCUT2D eigenvalue weighted by molar-refractivity contribution is 5.71. The second-order valence-corrected chi connectivity index (χ2v) is 2.11. The number of hydrogen-bond acceptors (Lipinski definition) is 2. The second kappa shape index (κ2) is 2.09. The van der Waals surface area contributed by atoms with Crippen LogP contribution in [0.2, 0.25) is 0 Å². The van der Waals surface area contributed by atoms with Crippen molar-refractivity contribution in [1.82, 2.24) is 5.32 Å². The minimum Gasteiger partial charge on any atom is -0.445 e. The first-order chi connectivity index (χ1) is 4.20. The van der Waals surface area contributed by atoms with Crippen LogP contribution in [0.4, 0.5) is 4.79 Å². The standard InChI is InChI=1S/C6H9NO2/c1-4-3-9-6(8)7-5(4)2/h3H2,1-2H3,(H,7,8). The quantitative estimate of drug-likeness (QED) is 0.527. The summed E-state index contributed by atoms with van der Waals surface area (Å²) in [7, 11) is 0. The van der Waals surface area contributed by atoms with Gasteiger partial charge in [0, 0.05) is 5.70 Å². The number of ether oxygens (including phenoxy) is 1. The Bertz CT molecular complexity index is 172. The number of carbonyl (C=O) groups excluding carboxylic acids is 1. The van der Waals surface area contributed by atoms with E-state index >= 15 is 0 Å². The summed E-state index contributed by atoms with van der Waals surface area (Å²) in [4.78, 5) is 10.5. The first kappa shape index (κ1) is 6.13. The van der Waals surface area contributed by atoms with E-state index in [0.29, 0.717) is 6.61 Å². The molecule has 1 amide bonds. The summed E-state index contributed by atoms with van der Waals surface area (Å²) in [6.45, 7) is 4.21. The maximum absolute atomic E-state index is 10.5. The summed E-state index contributed by atoms with van der Waals surface area (Å²) in [5.41, 5.74) is 1.99. The summed E-state index contributed by atoms with van der Waals surface area (Å²) < 4.78 is 4.65. The third-order valence-electron chi connectivity index (χ3n) is 1.35. The van der Waals surface area contributed by atoms with Gasteiger partial charge in [-0.3, -0.25) is 5.32 Å². The monoisotopic (exact) mass is 127 g/mol. The molecule has 1 aliphatic rings. The zero-order valence-electron chi connectivity index (χ0n) is 5.52. The molecule has 0 aromatic rings. The molecule has 0 unspecified atom stereocenters. The highest BCUT2D eigenvalue weighted by Crippen LogP contribution is 2.05. The molecular weight excluding hydrogens is 118 g/mol. The lowest BCUT2D eigenvalue weighted by Gasteiger charge is -2.15. The zero-order chi connectivity index (χ0) is 6.85. The molecule has 0 spiro atoms. The predicted molar refractivity (Wildman–Crippen MR) is 32.9 cm³/mol. The molecule has 9 heavy (non-hydrogen) atoms. The fourth-order valence-corrected chi connectivity index (χ4v) is 0.578. The fourth-order valence-electron chi connectivity index (χ4n) is 0.578. The van der Waals surface area contributed by atoms with Crippen LogP contribution in [-0.4, -0.2) is 12.7 Å². The van der Waals surface area contributed by atoms with Crippen LogP contribution in [-0.2, 0) is 4.74 Å². The number of rotatable bonds is 0. The molecule has 3 heteroatoms. The third-order valence-corrected chi connectivity index (χ3v) is 1.35. The van der Waals surface area contributed by atoms with Crippen LogP contribution in [0, 0.1) is 0 Å². The number of carbonyl (C=O) groups is 1. The molecule has 0 radical (unpaired) electrons. The van der Waals surface area contributed by atoms with Gasteiger partial charge in [0.2, 0.25) is 0 Å². The Balaban J connectivity index is 2.72. The lowest BCUT2D eigenvalue weighted by Crippen LogP contribution is -2.29. The summed E-state index contributed by atoms with van der Waals surface area (Å²) in [6.07, 6.45) is -0.349. The lowest BCUT2D eigenvalue weighted by atomic mass is 10.2. The molecule has 0 aliphatic carbocycles. The van der Waals surface area contributed by atoms with E-state index in [1.54, 1.807) is 0 Å². The minimum absolute atomic E-state index is 0.349. The van der Waals surface area contributed by atoms with Gasteiger partial charge in [0.25, 0.3) is 0 Å². The topological polar surface area (TPSA) is 38.3 Å². The van der Waals surface area contributed by atoms with Gasteiger partial charge in [-0.1, -0.05) is 0 Å². The van der Waals surface area contributed by atoms with Crippen molar-refractivity contribution >= 4 is 6.09 Å². The molecule has 1 aliphatic heterocycles. The van der Waals surface area contributed by atoms with Gasteiger partial charge in [-0.2, -0.15) is 0 Å². The molecule has 0 atom stereocenters. The molecule has 0 saturated heterocycles. The summed E-state index contributed by atoms with van der Waals surface area (Å²) in [5.74, 6) is 0. The molecule has 0 fully saturated rings. The largest absolute Gasteiger partial charge is 0.445 e. The number of hydrogen-bond donors (Lipinski definition) is 1. The van der Waals surface area contributed by atoms with E-state index in [-0.39, 0.29) is 6.09 Å². The van der Waals surface area contributed by atoms with E-state index < -0.39 is 0 Å². The molecule has 1 rings (SSSR count). The van der Waals surface area contributed by atoms with Gasteiger partial charge in [-0.25, -0.2) is 4.79 Å². The number of allylic oxidation sites excluding steroid dienone is 1. The Morgan fingerprint density at radius 3 is 2.67 bits per heavy atom. The smallest absolute Gasteiger partial charge is 0.411 e. The predicted octanol–water partition coefficient (Wildman–Crippen LogP) is 1.02. The SMILES string of the molecule is CC1=C(C)NC(=O)OC1. The number of cyclic esters (lactones) is 1. The fraction of sp³-hybridized carbons (Fsp3) is 0.500. The van der Waals surface area contributed by atoms with E-state index in [1.807, 2.05) is 13.8 Å². The highest BCUT2D eigenvalue weighted by Gasteiger charge is 2.10. The average Bonchev–Trinajstić information content (AvgIpc) is 1.80. The van der Waals surface area contributed by atoms with Crippen LogP contribution in [0.3, 0.4) is 0 Å². The second-order valence-electron chi connectivity index (χ2n) is 2.11. The van der Waals surface area contributed by atoms with Crippen molar-refractivity contribution in [2.24, 2.45) is 0 Å². The van der Waals surface area contributed by atoms with Crippen LogP contribution in [0.1, 0.15) is 13.8 Å². The summed E-state index contributed by atoms with van der Waals surface area (Å²) in [5, 5.41) is 2.55. The third kappa shape index (κ3) is 1.22. The Morgan fingerprint density at radius 2 is 2.22 bits per heavy atom. The first-order valence-corrected chi connectivity index (χ1v) is 2.80. The van der Waals surface area contributed by atoms with Crippen LogP contribution in [0.5, 0.6) is 0 Å². The number of amides is 1. The minimum atomic E-state index is -0.349. The van der Waals surface area contributed by atoms with E-state index in [9.17, 15) is 4.79 Å². The van der Waals surface area contributed by atoms with Crippen molar-refractivity contribution in [3.05, 3.63) is 11.3 Å². The molecular formula is C6H9NO2. The van der Waals surface area contributed by atoms with Crippen LogP contribution in [0.25, 0.3) is 0 Å². The van der Waals surface area contributed by atoms with E-state index in [4.69, 9.17) is 0 Å². The highest BCUT2D eigenvalue weighted by atomic mass is 16.5. The molecule has 3 nitrogen and oxygen atoms in total. The molecule has 0 aromatic carbocycles. The molecule has 1 N–H and O–H groups in total. The molecule has 50 valence electrons. The Morgan fingerprint density at radius 1 is 1.56 bits per heavy atom. The van der Waals surface area contributed by atoms with Crippen LogP contribution in [0.15, 0.2) is 11.3 Å².